The van der Waals surface area contributed by atoms with Gasteiger partial charge in [0.05, 0.1) is 0 Å². The largest absolute Gasteiger partial charge is 0.433 e. The number of hydrogen-bond donors (Lipinski definition) is 0. The second kappa shape index (κ2) is 12.6. The van der Waals surface area contributed by atoms with E-state index in [1.807, 2.05) is 0 Å². The number of ether oxygens (including phenoxy) is 1. The van der Waals surface area contributed by atoms with Crippen LogP contribution in [0.5, 0.6) is 5.75 Å². The highest BCUT2D eigenvalue weighted by Crippen LogP contribution is 2.32. The van der Waals surface area contributed by atoms with Gasteiger partial charge in [-0.1, -0.05) is 34.1 Å². The number of fused-ring (bicyclic) bond motifs is 1. The number of nitrogens with zero attached hydrogens (tertiary/aromatic N) is 1. The number of rotatable bonds is 6. The number of carbonyl (C=O) groups excluding carboxylic acids is 2. The van der Waals surface area contributed by atoms with Crippen LogP contribution in [0.4, 0.5) is 17.6 Å². The van der Waals surface area contributed by atoms with Gasteiger partial charge in [0.15, 0.2) is 23.2 Å². The minimum absolute atomic E-state index is 0.0187. The summed E-state index contributed by atoms with van der Waals surface area (Å²) in [6.45, 7) is 3.73. The molecule has 1 unspecified atom stereocenters. The van der Waals surface area contributed by atoms with Gasteiger partial charge in [-0.2, -0.15) is 8.78 Å². The van der Waals surface area contributed by atoms with Crippen molar-refractivity contribution in [3.05, 3.63) is 98.5 Å². The molecule has 1 heterocycles. The summed E-state index contributed by atoms with van der Waals surface area (Å²) in [4.78, 5) is 27.9. The van der Waals surface area contributed by atoms with E-state index >= 15 is 0 Å². The lowest BCUT2D eigenvalue weighted by atomic mass is 9.87. The van der Waals surface area contributed by atoms with Gasteiger partial charge in [-0.15, -0.1) is 0 Å². The Balaban J connectivity index is 1.67. The van der Waals surface area contributed by atoms with Crippen LogP contribution in [0.3, 0.4) is 0 Å². The van der Waals surface area contributed by atoms with Gasteiger partial charge >= 0.3 is 6.11 Å². The minimum atomic E-state index is -3.32. The molecule has 1 aliphatic heterocycles. The molecule has 0 fully saturated rings. The van der Waals surface area contributed by atoms with Gasteiger partial charge in [0.1, 0.15) is 5.75 Å². The van der Waals surface area contributed by atoms with Crippen molar-refractivity contribution < 1.29 is 31.9 Å². The molecule has 0 amide bonds. The molecule has 40 heavy (non-hydrogen) atoms. The minimum Gasteiger partial charge on any atom is -0.433 e. The third kappa shape index (κ3) is 7.79. The molecule has 0 saturated carbocycles. The summed E-state index contributed by atoms with van der Waals surface area (Å²) >= 11 is 3.43. The Bertz CT molecular complexity index is 1390. The SMILES string of the molecule is CC(=O)c1cc2c(cc1Br)C(=O)CC(c1ccc(OC(C)(F)F)cc1)CCN(Cc1ccc(F)c(F)c1)CCC2. The van der Waals surface area contributed by atoms with Crippen molar-refractivity contribution in [3.63, 3.8) is 0 Å². The molecular weight excluding hydrogens is 590 g/mol. The zero-order valence-corrected chi connectivity index (χ0v) is 23.9. The number of ketones is 2. The Hall–Kier alpha value is -3.04. The van der Waals surface area contributed by atoms with E-state index in [4.69, 9.17) is 0 Å². The van der Waals surface area contributed by atoms with E-state index in [-0.39, 0.29) is 29.7 Å². The fourth-order valence-electron chi connectivity index (χ4n) is 5.09. The molecule has 0 radical (unpaired) electrons. The van der Waals surface area contributed by atoms with Crippen molar-refractivity contribution in [1.29, 1.82) is 0 Å². The highest BCUT2D eigenvalue weighted by Gasteiger charge is 2.25. The third-order valence-corrected chi connectivity index (χ3v) is 7.71. The quantitative estimate of drug-likeness (QED) is 0.206. The lowest BCUT2D eigenvalue weighted by Gasteiger charge is -2.25. The Labute approximate surface area is 239 Å². The lowest BCUT2D eigenvalue weighted by molar-refractivity contribution is -0.158. The average molecular weight is 620 g/mol. The number of benzene rings is 3. The highest BCUT2D eigenvalue weighted by atomic mass is 79.9. The lowest BCUT2D eigenvalue weighted by Crippen LogP contribution is -2.27. The van der Waals surface area contributed by atoms with Crippen molar-refractivity contribution in [2.24, 2.45) is 0 Å². The second-order valence-electron chi connectivity index (χ2n) is 10.3. The van der Waals surface area contributed by atoms with Crippen LogP contribution in [-0.2, 0) is 13.0 Å². The first-order chi connectivity index (χ1) is 18.9. The van der Waals surface area contributed by atoms with Gasteiger partial charge in [0, 0.05) is 35.5 Å². The Morgan fingerprint density at radius 1 is 1.05 bits per heavy atom. The zero-order chi connectivity index (χ0) is 29.0. The Morgan fingerprint density at radius 3 is 2.42 bits per heavy atom. The van der Waals surface area contributed by atoms with Crippen LogP contribution in [0.25, 0.3) is 0 Å². The first-order valence-electron chi connectivity index (χ1n) is 13.1. The van der Waals surface area contributed by atoms with Gasteiger partial charge in [-0.25, -0.2) is 8.78 Å². The number of Topliss-reactive ketones (excluding diaryl/α,β-unsaturated/α-hetero) is 2. The smallest absolute Gasteiger partial charge is 0.394 e. The first-order valence-corrected chi connectivity index (χ1v) is 13.9. The molecule has 0 spiro atoms. The van der Waals surface area contributed by atoms with Crippen molar-refractivity contribution in [2.75, 3.05) is 13.1 Å². The second-order valence-corrected chi connectivity index (χ2v) is 11.1. The molecular formula is C31H30BrF4NO3. The molecule has 4 rings (SSSR count). The van der Waals surface area contributed by atoms with E-state index in [1.54, 1.807) is 30.3 Å². The molecule has 1 aliphatic rings. The van der Waals surface area contributed by atoms with Crippen molar-refractivity contribution in [1.82, 2.24) is 4.90 Å². The predicted molar refractivity (Wildman–Crippen MR) is 148 cm³/mol. The summed E-state index contributed by atoms with van der Waals surface area (Å²) in [5, 5.41) is 0. The molecule has 3 aromatic carbocycles. The first kappa shape index (κ1) is 29.9. The molecule has 1 atom stereocenters. The van der Waals surface area contributed by atoms with Crippen molar-refractivity contribution >= 4 is 27.5 Å². The zero-order valence-electron chi connectivity index (χ0n) is 22.3. The number of hydrogen-bond acceptors (Lipinski definition) is 4. The van der Waals surface area contributed by atoms with E-state index in [2.05, 4.69) is 25.6 Å². The number of halogens is 5. The van der Waals surface area contributed by atoms with E-state index < -0.39 is 17.7 Å². The van der Waals surface area contributed by atoms with Crippen LogP contribution in [0.2, 0.25) is 0 Å². The van der Waals surface area contributed by atoms with Crippen molar-refractivity contribution in [3.8, 4) is 5.75 Å². The van der Waals surface area contributed by atoms with Gasteiger partial charge in [0.25, 0.3) is 0 Å². The van der Waals surface area contributed by atoms with Gasteiger partial charge in [0.2, 0.25) is 0 Å². The number of carbonyl (C=O) groups is 2. The third-order valence-electron chi connectivity index (χ3n) is 7.06. The van der Waals surface area contributed by atoms with Gasteiger partial charge in [-0.3, -0.25) is 14.5 Å². The monoisotopic (exact) mass is 619 g/mol. The van der Waals surface area contributed by atoms with Gasteiger partial charge in [-0.05, 0) is 98.3 Å². The van der Waals surface area contributed by atoms with Gasteiger partial charge < -0.3 is 4.74 Å². The summed E-state index contributed by atoms with van der Waals surface area (Å²) in [6.07, 6.45) is -1.33. The summed E-state index contributed by atoms with van der Waals surface area (Å²) in [6, 6.07) is 13.6. The van der Waals surface area contributed by atoms with Crippen LogP contribution in [0, 0.1) is 11.6 Å². The molecule has 212 valence electrons. The molecule has 0 N–H and O–H groups in total. The summed E-state index contributed by atoms with van der Waals surface area (Å²) in [5.41, 5.74) is 3.25. The van der Waals surface area contributed by atoms with Crippen LogP contribution in [0.1, 0.15) is 76.4 Å². The maximum Gasteiger partial charge on any atom is 0.394 e. The van der Waals surface area contributed by atoms with Crippen LogP contribution < -0.4 is 4.74 Å². The van der Waals surface area contributed by atoms with Crippen LogP contribution in [-0.4, -0.2) is 35.7 Å². The molecule has 3 aromatic rings. The molecule has 4 nitrogen and oxygen atoms in total. The molecule has 9 heteroatoms. The number of aryl methyl sites for hydroxylation is 1. The van der Waals surface area contributed by atoms with E-state index in [0.29, 0.717) is 67.0 Å². The highest BCUT2D eigenvalue weighted by molar-refractivity contribution is 9.10. The van der Waals surface area contributed by atoms with Crippen LogP contribution >= 0.6 is 15.9 Å². The predicted octanol–water partition coefficient (Wildman–Crippen LogP) is 8.12. The van der Waals surface area contributed by atoms with E-state index in [0.717, 1.165) is 17.2 Å². The van der Waals surface area contributed by atoms with E-state index in [9.17, 15) is 27.2 Å². The van der Waals surface area contributed by atoms with Crippen LogP contribution in [0.15, 0.2) is 59.1 Å². The molecule has 0 aliphatic carbocycles. The Morgan fingerprint density at radius 2 is 1.77 bits per heavy atom. The molecule has 0 bridgehead atoms. The fourth-order valence-corrected chi connectivity index (χ4v) is 5.71. The summed E-state index contributed by atoms with van der Waals surface area (Å²) in [7, 11) is 0. The summed E-state index contributed by atoms with van der Waals surface area (Å²) in [5.74, 6) is -2.23. The fraction of sp³-hybridized carbons (Fsp3) is 0.355. The van der Waals surface area contributed by atoms with E-state index in [1.165, 1.54) is 25.1 Å². The molecule has 0 saturated heterocycles. The van der Waals surface area contributed by atoms with Crippen molar-refractivity contribution in [2.45, 2.75) is 58.1 Å². The maximum atomic E-state index is 13.9. The number of alkyl halides is 2. The maximum absolute atomic E-state index is 13.9. The molecule has 0 aromatic heterocycles. The topological polar surface area (TPSA) is 46.6 Å². The normalized spacial score (nSPS) is 17.2. The Kier molecular flexibility index (Phi) is 9.46. The average Bonchev–Trinajstić information content (AvgIpc) is 2.90. The standard InChI is InChI=1S/C31H30BrF4NO3/c1-19(38)25-15-23-4-3-12-37(18-20-5-10-28(33)29(34)14-20)13-11-22(16-30(39)26(23)17-27(25)32)21-6-8-24(9-7-21)40-31(2,35)36/h5-10,14-15,17,22H,3-4,11-13,16,18H2,1-2H3. The summed E-state index contributed by atoms with van der Waals surface area (Å²) < 4.78 is 59.2.